The maximum atomic E-state index is 12.1. The lowest BCUT2D eigenvalue weighted by Gasteiger charge is -2.26. The van der Waals surface area contributed by atoms with Gasteiger partial charge in [-0.3, -0.25) is 0 Å². The first-order chi connectivity index (χ1) is 8.08. The molecule has 1 aliphatic rings. The van der Waals surface area contributed by atoms with Crippen LogP contribution in [0.15, 0.2) is 28.7 Å². The first kappa shape index (κ1) is 13.0. The summed E-state index contributed by atoms with van der Waals surface area (Å²) < 4.78 is 31.8. The largest absolute Gasteiger partial charge is 0.379 e. The second kappa shape index (κ2) is 5.48. The fraction of sp³-hybridized carbons (Fsp3) is 0.455. The molecule has 2 rings (SSSR count). The van der Waals surface area contributed by atoms with Gasteiger partial charge in [-0.1, -0.05) is 28.1 Å². The molecule has 0 amide bonds. The third kappa shape index (κ3) is 3.51. The minimum Gasteiger partial charge on any atom is -0.379 e. The lowest BCUT2D eigenvalue weighted by atomic mass is 10.2. The number of benzene rings is 1. The highest BCUT2D eigenvalue weighted by Gasteiger charge is 2.24. The zero-order valence-corrected chi connectivity index (χ0v) is 11.7. The van der Waals surface area contributed by atoms with E-state index >= 15 is 0 Å². The van der Waals surface area contributed by atoms with Crippen LogP contribution < -0.4 is 0 Å². The summed E-state index contributed by atoms with van der Waals surface area (Å²) in [4.78, 5) is 0. The van der Waals surface area contributed by atoms with Gasteiger partial charge in [-0.2, -0.15) is 4.31 Å². The van der Waals surface area contributed by atoms with Crippen molar-refractivity contribution in [2.75, 3.05) is 26.3 Å². The van der Waals surface area contributed by atoms with Gasteiger partial charge >= 0.3 is 0 Å². The molecule has 4 nitrogen and oxygen atoms in total. The van der Waals surface area contributed by atoms with Gasteiger partial charge in [-0.05, 0) is 17.7 Å². The van der Waals surface area contributed by atoms with Crippen LogP contribution in [-0.2, 0) is 20.5 Å². The van der Waals surface area contributed by atoms with Gasteiger partial charge in [0, 0.05) is 17.6 Å². The Labute approximate surface area is 110 Å². The van der Waals surface area contributed by atoms with Crippen LogP contribution in [0.4, 0.5) is 0 Å². The van der Waals surface area contributed by atoms with Crippen molar-refractivity contribution in [3.05, 3.63) is 34.3 Å². The van der Waals surface area contributed by atoms with E-state index in [2.05, 4.69) is 15.9 Å². The second-order valence-corrected chi connectivity index (χ2v) is 6.78. The molecule has 0 unspecified atom stereocenters. The Hall–Kier alpha value is -0.430. The van der Waals surface area contributed by atoms with E-state index < -0.39 is 10.0 Å². The fourth-order valence-electron chi connectivity index (χ4n) is 1.71. The molecule has 1 fully saturated rings. The molecule has 0 aliphatic carbocycles. The molecule has 6 heteroatoms. The molecular weight excluding hydrogens is 306 g/mol. The summed E-state index contributed by atoms with van der Waals surface area (Å²) in [5, 5.41) is 0. The van der Waals surface area contributed by atoms with Crippen LogP contribution in [0, 0.1) is 0 Å². The third-order valence-electron chi connectivity index (χ3n) is 2.63. The molecule has 1 aliphatic heterocycles. The first-order valence-corrected chi connectivity index (χ1v) is 7.78. The molecule has 17 heavy (non-hydrogen) atoms. The zero-order chi connectivity index (χ0) is 12.3. The van der Waals surface area contributed by atoms with Gasteiger partial charge in [0.15, 0.2) is 0 Å². The molecule has 0 aromatic heterocycles. The Morgan fingerprint density at radius 1 is 1.18 bits per heavy atom. The topological polar surface area (TPSA) is 46.6 Å². The third-order valence-corrected chi connectivity index (χ3v) is 5.00. The van der Waals surface area contributed by atoms with Crippen molar-refractivity contribution in [1.29, 1.82) is 0 Å². The molecule has 94 valence electrons. The zero-order valence-electron chi connectivity index (χ0n) is 9.30. The summed E-state index contributed by atoms with van der Waals surface area (Å²) in [6.07, 6.45) is 0. The van der Waals surface area contributed by atoms with Gasteiger partial charge in [0.1, 0.15) is 0 Å². The Morgan fingerprint density at radius 2 is 1.76 bits per heavy atom. The predicted octanol–water partition coefficient (Wildman–Crippen LogP) is 1.61. The van der Waals surface area contributed by atoms with Gasteiger partial charge in [-0.25, -0.2) is 8.42 Å². The van der Waals surface area contributed by atoms with E-state index in [-0.39, 0.29) is 5.75 Å². The normalized spacial score (nSPS) is 18.2. The van der Waals surface area contributed by atoms with Gasteiger partial charge < -0.3 is 4.74 Å². The maximum absolute atomic E-state index is 12.1. The summed E-state index contributed by atoms with van der Waals surface area (Å²) >= 11 is 3.33. The van der Waals surface area contributed by atoms with E-state index in [0.717, 1.165) is 10.0 Å². The van der Waals surface area contributed by atoms with Crippen molar-refractivity contribution < 1.29 is 13.2 Å². The summed E-state index contributed by atoms with van der Waals surface area (Å²) in [5.74, 6) is 0.0558. The highest BCUT2D eigenvalue weighted by Crippen LogP contribution is 2.15. The van der Waals surface area contributed by atoms with Crippen molar-refractivity contribution in [1.82, 2.24) is 4.31 Å². The molecule has 1 aromatic rings. The van der Waals surface area contributed by atoms with Gasteiger partial charge in [0.05, 0.1) is 19.0 Å². The van der Waals surface area contributed by atoms with Crippen LogP contribution in [0.25, 0.3) is 0 Å². The number of hydrogen-bond donors (Lipinski definition) is 0. The molecule has 0 radical (unpaired) electrons. The van der Waals surface area contributed by atoms with E-state index in [1.54, 1.807) is 0 Å². The quantitative estimate of drug-likeness (QED) is 0.850. The van der Waals surface area contributed by atoms with E-state index in [1.165, 1.54) is 4.31 Å². The summed E-state index contributed by atoms with van der Waals surface area (Å²) in [7, 11) is -3.21. The lowest BCUT2D eigenvalue weighted by molar-refractivity contribution is 0.0729. The average molecular weight is 320 g/mol. The Bertz CT molecular complexity index is 466. The van der Waals surface area contributed by atoms with E-state index in [9.17, 15) is 8.42 Å². The molecule has 0 bridgehead atoms. The van der Waals surface area contributed by atoms with Crippen LogP contribution in [0.2, 0.25) is 0 Å². The molecule has 0 saturated carbocycles. The average Bonchev–Trinajstić information content (AvgIpc) is 2.33. The number of ether oxygens (including phenoxy) is 1. The first-order valence-electron chi connectivity index (χ1n) is 5.38. The number of hydrogen-bond acceptors (Lipinski definition) is 3. The molecule has 0 spiro atoms. The Morgan fingerprint density at radius 3 is 2.35 bits per heavy atom. The Kier molecular flexibility index (Phi) is 4.19. The molecule has 0 atom stereocenters. The molecular formula is C11H14BrNO3S. The van der Waals surface area contributed by atoms with Crippen molar-refractivity contribution in [3.8, 4) is 0 Å². The SMILES string of the molecule is O=S(=O)(Cc1ccc(Br)cc1)N1CCOCC1. The van der Waals surface area contributed by atoms with E-state index in [4.69, 9.17) is 4.74 Å². The fourth-order valence-corrected chi connectivity index (χ4v) is 3.47. The van der Waals surface area contributed by atoms with Crippen LogP contribution in [-0.4, -0.2) is 39.0 Å². The summed E-state index contributed by atoms with van der Waals surface area (Å²) in [6.45, 7) is 1.89. The number of rotatable bonds is 3. The van der Waals surface area contributed by atoms with Crippen LogP contribution >= 0.6 is 15.9 Å². The van der Waals surface area contributed by atoms with Crippen molar-refractivity contribution in [2.24, 2.45) is 0 Å². The minimum absolute atomic E-state index is 0.0558. The van der Waals surface area contributed by atoms with E-state index in [1.807, 2.05) is 24.3 Å². The molecule has 0 N–H and O–H groups in total. The molecule has 1 heterocycles. The number of sulfonamides is 1. The Balaban J connectivity index is 2.08. The van der Waals surface area contributed by atoms with Gasteiger partial charge in [-0.15, -0.1) is 0 Å². The highest BCUT2D eigenvalue weighted by atomic mass is 79.9. The van der Waals surface area contributed by atoms with Crippen LogP contribution in [0.1, 0.15) is 5.56 Å². The predicted molar refractivity (Wildman–Crippen MR) is 69.2 cm³/mol. The number of nitrogens with zero attached hydrogens (tertiary/aromatic N) is 1. The van der Waals surface area contributed by atoms with Crippen molar-refractivity contribution >= 4 is 26.0 Å². The standard InChI is InChI=1S/C11H14BrNO3S/c12-11-3-1-10(2-4-11)9-17(14,15)13-5-7-16-8-6-13/h1-4H,5-9H2. The van der Waals surface area contributed by atoms with Crippen LogP contribution in [0.3, 0.4) is 0 Å². The van der Waals surface area contributed by atoms with Crippen LogP contribution in [0.5, 0.6) is 0 Å². The highest BCUT2D eigenvalue weighted by molar-refractivity contribution is 9.10. The summed E-state index contributed by atoms with van der Waals surface area (Å²) in [6, 6.07) is 7.35. The second-order valence-electron chi connectivity index (χ2n) is 3.89. The molecule has 1 saturated heterocycles. The lowest BCUT2D eigenvalue weighted by Crippen LogP contribution is -2.41. The minimum atomic E-state index is -3.21. The number of morpholine rings is 1. The maximum Gasteiger partial charge on any atom is 0.218 e. The van der Waals surface area contributed by atoms with Crippen molar-refractivity contribution in [2.45, 2.75) is 5.75 Å². The monoisotopic (exact) mass is 319 g/mol. The van der Waals surface area contributed by atoms with E-state index in [0.29, 0.717) is 26.3 Å². The van der Waals surface area contributed by atoms with Crippen molar-refractivity contribution in [3.63, 3.8) is 0 Å². The number of halogens is 1. The molecule has 1 aromatic carbocycles. The van der Waals surface area contributed by atoms with Gasteiger partial charge in [0.25, 0.3) is 0 Å². The summed E-state index contributed by atoms with van der Waals surface area (Å²) in [5.41, 5.74) is 0.805. The smallest absolute Gasteiger partial charge is 0.218 e. The van der Waals surface area contributed by atoms with Gasteiger partial charge in [0.2, 0.25) is 10.0 Å².